The summed E-state index contributed by atoms with van der Waals surface area (Å²) in [6.45, 7) is 0. The fraction of sp³-hybridized carbons (Fsp3) is 0.125. The molecule has 0 aliphatic rings. The monoisotopic (exact) mass is 194 g/mol. The van der Waals surface area contributed by atoms with Gasteiger partial charge in [-0.05, 0) is 12.1 Å². The first-order valence-corrected chi connectivity index (χ1v) is 4.42. The average molecular weight is 194 g/mol. The molecule has 0 fully saturated rings. The molecule has 66 valence electrons. The van der Waals surface area contributed by atoms with Gasteiger partial charge in [0, 0.05) is 0 Å². The van der Waals surface area contributed by atoms with Crippen LogP contribution in [-0.4, -0.2) is 14.5 Å². The molecule has 0 unspecified atom stereocenters. The van der Waals surface area contributed by atoms with Crippen molar-refractivity contribution in [2.24, 2.45) is 0 Å². The lowest BCUT2D eigenvalue weighted by molar-refractivity contribution is 0.0983. The highest BCUT2D eigenvalue weighted by molar-refractivity contribution is 6.99. The summed E-state index contributed by atoms with van der Waals surface area (Å²) in [7, 11) is 0. The van der Waals surface area contributed by atoms with Gasteiger partial charge in [-0.15, -0.1) is 0 Å². The molecule has 4 nitrogen and oxygen atoms in total. The summed E-state index contributed by atoms with van der Waals surface area (Å²) in [4.78, 5) is 11.4. The number of nitrogens with zero attached hydrogens (tertiary/aromatic N) is 2. The molecule has 0 aromatic carbocycles. The molecule has 0 spiro atoms. The summed E-state index contributed by atoms with van der Waals surface area (Å²) in [5, 5.41) is 0. The van der Waals surface area contributed by atoms with Crippen molar-refractivity contribution in [1.29, 1.82) is 0 Å². The number of carbonyl (C=O) groups excluding carboxylic acids is 1. The zero-order chi connectivity index (χ0) is 9.10. The summed E-state index contributed by atoms with van der Waals surface area (Å²) in [6.07, 6.45) is 3.26. The summed E-state index contributed by atoms with van der Waals surface area (Å²) >= 11 is 1.03. The van der Waals surface area contributed by atoms with E-state index in [0.29, 0.717) is 11.5 Å². The third-order valence-corrected chi connectivity index (χ3v) is 2.04. The van der Waals surface area contributed by atoms with Crippen molar-refractivity contribution in [2.45, 2.75) is 6.42 Å². The van der Waals surface area contributed by atoms with E-state index in [9.17, 15) is 4.79 Å². The van der Waals surface area contributed by atoms with Crippen LogP contribution in [0.15, 0.2) is 29.0 Å². The van der Waals surface area contributed by atoms with E-state index in [1.54, 1.807) is 18.4 Å². The van der Waals surface area contributed by atoms with Gasteiger partial charge in [0.05, 0.1) is 30.6 Å². The van der Waals surface area contributed by atoms with Gasteiger partial charge in [0.25, 0.3) is 0 Å². The highest BCUT2D eigenvalue weighted by Gasteiger charge is 2.10. The van der Waals surface area contributed by atoms with E-state index >= 15 is 0 Å². The highest BCUT2D eigenvalue weighted by Crippen LogP contribution is 2.06. The fourth-order valence-corrected chi connectivity index (χ4v) is 1.38. The molecule has 0 bridgehead atoms. The third-order valence-electron chi connectivity index (χ3n) is 1.56. The van der Waals surface area contributed by atoms with Crippen molar-refractivity contribution in [3.05, 3.63) is 36.0 Å². The Morgan fingerprint density at radius 3 is 3.15 bits per heavy atom. The van der Waals surface area contributed by atoms with Crippen LogP contribution in [0.5, 0.6) is 0 Å². The van der Waals surface area contributed by atoms with Gasteiger partial charge in [-0.1, -0.05) is 0 Å². The van der Waals surface area contributed by atoms with Crippen LogP contribution in [0.25, 0.3) is 0 Å². The quantitative estimate of drug-likeness (QED) is 0.696. The Balaban J connectivity index is 2.08. The summed E-state index contributed by atoms with van der Waals surface area (Å²) in [5.41, 5.74) is 0.404. The third kappa shape index (κ3) is 1.81. The van der Waals surface area contributed by atoms with Crippen molar-refractivity contribution in [3.63, 3.8) is 0 Å². The van der Waals surface area contributed by atoms with Crippen LogP contribution < -0.4 is 0 Å². The van der Waals surface area contributed by atoms with Crippen LogP contribution in [-0.2, 0) is 6.42 Å². The van der Waals surface area contributed by atoms with Crippen molar-refractivity contribution in [1.82, 2.24) is 8.75 Å². The molecule has 0 atom stereocenters. The molecular weight excluding hydrogens is 188 g/mol. The number of hydrogen-bond acceptors (Lipinski definition) is 5. The maximum Gasteiger partial charge on any atom is 0.191 e. The van der Waals surface area contributed by atoms with E-state index in [0.717, 1.165) is 11.7 Å². The van der Waals surface area contributed by atoms with Gasteiger partial charge in [0.1, 0.15) is 11.5 Å². The van der Waals surface area contributed by atoms with Gasteiger partial charge < -0.3 is 4.42 Å². The normalized spacial score (nSPS) is 10.2. The SMILES string of the molecule is O=C(Cc1ccco1)c1cnsn1. The average Bonchev–Trinajstić information content (AvgIpc) is 2.74. The second kappa shape index (κ2) is 3.49. The largest absolute Gasteiger partial charge is 0.469 e. The Bertz CT molecular complexity index is 380. The van der Waals surface area contributed by atoms with E-state index in [4.69, 9.17) is 4.42 Å². The Morgan fingerprint density at radius 1 is 1.62 bits per heavy atom. The smallest absolute Gasteiger partial charge is 0.191 e. The van der Waals surface area contributed by atoms with Gasteiger partial charge in [-0.2, -0.15) is 8.75 Å². The van der Waals surface area contributed by atoms with Gasteiger partial charge in [0.15, 0.2) is 5.78 Å². The van der Waals surface area contributed by atoms with E-state index in [-0.39, 0.29) is 12.2 Å². The van der Waals surface area contributed by atoms with Crippen LogP contribution in [0, 0.1) is 0 Å². The minimum atomic E-state index is -0.0660. The minimum Gasteiger partial charge on any atom is -0.469 e. The van der Waals surface area contributed by atoms with Crippen LogP contribution in [0.4, 0.5) is 0 Å². The molecule has 0 amide bonds. The maximum absolute atomic E-state index is 11.4. The van der Waals surface area contributed by atoms with Crippen LogP contribution in [0.3, 0.4) is 0 Å². The number of aromatic nitrogens is 2. The van der Waals surface area contributed by atoms with E-state index < -0.39 is 0 Å². The predicted octanol–water partition coefficient (Wildman–Crippen LogP) is 1.56. The molecular formula is C8H6N2O2S. The zero-order valence-electron chi connectivity index (χ0n) is 6.64. The molecule has 0 N–H and O–H groups in total. The molecule has 2 heterocycles. The van der Waals surface area contributed by atoms with Crippen molar-refractivity contribution >= 4 is 17.5 Å². The van der Waals surface area contributed by atoms with Gasteiger partial charge in [-0.25, -0.2) is 0 Å². The topological polar surface area (TPSA) is 56.0 Å². The lowest BCUT2D eigenvalue weighted by Crippen LogP contribution is -2.02. The Labute approximate surface area is 78.5 Å². The molecule has 0 saturated carbocycles. The van der Waals surface area contributed by atoms with Crippen LogP contribution >= 0.6 is 11.7 Å². The highest BCUT2D eigenvalue weighted by atomic mass is 32.1. The summed E-state index contributed by atoms with van der Waals surface area (Å²) in [5.74, 6) is 0.585. The van der Waals surface area contributed by atoms with Crippen molar-refractivity contribution in [2.75, 3.05) is 0 Å². The first-order chi connectivity index (χ1) is 6.36. The molecule has 0 saturated heterocycles. The summed E-state index contributed by atoms with van der Waals surface area (Å²) in [6, 6.07) is 3.51. The standard InChI is InChI=1S/C8H6N2O2S/c11-8(7-5-9-13-10-7)4-6-2-1-3-12-6/h1-3,5H,4H2. The Morgan fingerprint density at radius 2 is 2.54 bits per heavy atom. The van der Waals surface area contributed by atoms with E-state index in [2.05, 4.69) is 8.75 Å². The second-order valence-corrected chi connectivity index (χ2v) is 3.03. The Kier molecular flexibility index (Phi) is 2.18. The van der Waals surface area contributed by atoms with Gasteiger partial charge in [-0.3, -0.25) is 4.79 Å². The molecule has 0 aliphatic carbocycles. The number of Topliss-reactive ketones (excluding diaryl/α,β-unsaturated/α-hetero) is 1. The van der Waals surface area contributed by atoms with Gasteiger partial charge in [0.2, 0.25) is 0 Å². The summed E-state index contributed by atoms with van der Waals surface area (Å²) < 4.78 is 12.6. The number of carbonyl (C=O) groups is 1. The predicted molar refractivity (Wildman–Crippen MR) is 46.7 cm³/mol. The fourth-order valence-electron chi connectivity index (χ4n) is 0.949. The first kappa shape index (κ1) is 8.12. The minimum absolute atomic E-state index is 0.0660. The lowest BCUT2D eigenvalue weighted by atomic mass is 10.2. The molecule has 5 heteroatoms. The number of rotatable bonds is 3. The van der Waals surface area contributed by atoms with Gasteiger partial charge >= 0.3 is 0 Å². The van der Waals surface area contributed by atoms with Crippen molar-refractivity contribution < 1.29 is 9.21 Å². The van der Waals surface area contributed by atoms with Crippen molar-refractivity contribution in [3.8, 4) is 0 Å². The van der Waals surface area contributed by atoms with E-state index in [1.807, 2.05) is 0 Å². The maximum atomic E-state index is 11.4. The molecule has 2 rings (SSSR count). The molecule has 2 aromatic rings. The lowest BCUT2D eigenvalue weighted by Gasteiger charge is -1.91. The van der Waals surface area contributed by atoms with Crippen LogP contribution in [0.1, 0.15) is 16.2 Å². The molecule has 13 heavy (non-hydrogen) atoms. The van der Waals surface area contributed by atoms with Crippen LogP contribution in [0.2, 0.25) is 0 Å². The number of furan rings is 1. The Hall–Kier alpha value is -1.49. The molecule has 2 aromatic heterocycles. The first-order valence-electron chi connectivity index (χ1n) is 3.69. The number of hydrogen-bond donors (Lipinski definition) is 0. The van der Waals surface area contributed by atoms with E-state index in [1.165, 1.54) is 6.20 Å². The molecule has 0 radical (unpaired) electrons. The second-order valence-electron chi connectivity index (χ2n) is 2.47. The number of ketones is 1. The molecule has 0 aliphatic heterocycles. The zero-order valence-corrected chi connectivity index (χ0v) is 7.45.